The molecule has 0 amide bonds. The minimum atomic E-state index is -7.80. The fourth-order valence-electron chi connectivity index (χ4n) is 1.25. The van der Waals surface area contributed by atoms with Crippen molar-refractivity contribution in [3.8, 4) is 0 Å². The number of carbonyl (C=O) groups is 2. The summed E-state index contributed by atoms with van der Waals surface area (Å²) in [6.45, 7) is 0. The highest BCUT2D eigenvalue weighted by molar-refractivity contribution is 6.04. The van der Waals surface area contributed by atoms with E-state index in [1.54, 1.807) is 4.74 Å². The van der Waals surface area contributed by atoms with Crippen molar-refractivity contribution < 1.29 is 89.3 Å². The molecule has 1 atom stereocenters. The van der Waals surface area contributed by atoms with Gasteiger partial charge in [-0.3, -0.25) is 14.3 Å². The minimum absolute atomic E-state index is 1.31. The Bertz CT molecular complexity index is 658. The van der Waals surface area contributed by atoms with Crippen LogP contribution in [0.15, 0.2) is 0 Å². The Morgan fingerprint density at radius 3 is 1.23 bits per heavy atom. The number of alkyl halides is 16. The molecule has 0 spiro atoms. The summed E-state index contributed by atoms with van der Waals surface area (Å²) in [5.41, 5.74) is 0. The third-order valence-corrected chi connectivity index (χ3v) is 2.60. The molecule has 0 bridgehead atoms. The van der Waals surface area contributed by atoms with Crippen LogP contribution in [0.3, 0.4) is 0 Å². The van der Waals surface area contributed by atoms with Crippen LogP contribution in [0.2, 0.25) is 0 Å². The van der Waals surface area contributed by atoms with Gasteiger partial charge < -0.3 is 0 Å². The fourth-order valence-corrected chi connectivity index (χ4v) is 1.25. The van der Waals surface area contributed by atoms with Crippen molar-refractivity contribution in [3.63, 3.8) is 0 Å². The maximum absolute atomic E-state index is 13.7. The fraction of sp³-hybridized carbons (Fsp3) is 0.800. The molecule has 1 unspecified atom stereocenters. The van der Waals surface area contributed by atoms with Crippen molar-refractivity contribution in [1.29, 1.82) is 0 Å². The molecule has 0 aromatic heterocycles. The lowest BCUT2D eigenvalue weighted by atomic mass is 10.1. The molecule has 0 saturated heterocycles. The molecule has 0 aliphatic heterocycles. The van der Waals surface area contributed by atoms with Gasteiger partial charge in [-0.2, -0.15) is 57.1 Å². The average molecular weight is 490 g/mol. The highest BCUT2D eigenvalue weighted by Gasteiger charge is 2.80. The Morgan fingerprint density at radius 2 is 0.933 bits per heavy atom. The summed E-state index contributed by atoms with van der Waals surface area (Å²) in [6.07, 6.45) is -38.7. The first-order valence-corrected chi connectivity index (χ1v) is 6.21. The second-order valence-electron chi connectivity index (χ2n) is 4.87. The van der Waals surface area contributed by atoms with E-state index >= 15 is 0 Å². The van der Waals surface area contributed by atoms with Crippen molar-refractivity contribution in [2.45, 2.75) is 49.1 Å². The highest BCUT2D eigenvalue weighted by atomic mass is 19.4. The summed E-state index contributed by atoms with van der Waals surface area (Å²) >= 11 is 0. The van der Waals surface area contributed by atoms with Crippen LogP contribution in [0.4, 0.5) is 70.2 Å². The number of hydrogen-bond acceptors (Lipinski definition) is 4. The number of Topliss-reactive ketones (excluding diaryl/α,β-unsaturated/α-hetero) is 2. The predicted molar refractivity (Wildman–Crippen MR) is 53.6 cm³/mol. The molecule has 0 aliphatic rings. The molecule has 0 saturated carbocycles. The summed E-state index contributed by atoms with van der Waals surface area (Å²) in [6, 6.07) is 0. The van der Waals surface area contributed by atoms with Crippen molar-refractivity contribution in [2.24, 2.45) is 0 Å². The number of hydrogen-bond donors (Lipinski definition) is 0. The first kappa shape index (κ1) is 28.1. The average Bonchev–Trinajstić information content (AvgIpc) is 2.41. The first-order valence-electron chi connectivity index (χ1n) is 6.21. The van der Waals surface area contributed by atoms with Gasteiger partial charge in [0.1, 0.15) is 0 Å². The maximum Gasteiger partial charge on any atom is 0.527 e. The second kappa shape index (κ2) is 7.68. The van der Waals surface area contributed by atoms with Crippen molar-refractivity contribution in [2.75, 3.05) is 0 Å². The molecule has 0 fully saturated rings. The van der Waals surface area contributed by atoms with Crippen LogP contribution in [0.25, 0.3) is 0 Å². The third-order valence-electron chi connectivity index (χ3n) is 2.60. The molecule has 0 aliphatic carbocycles. The summed E-state index contributed by atoms with van der Waals surface area (Å²) in [7, 11) is 0. The molecule has 0 aromatic carbocycles. The zero-order valence-electron chi connectivity index (χ0n) is 12.9. The van der Waals surface area contributed by atoms with E-state index in [1.165, 1.54) is 4.74 Å². The lowest BCUT2D eigenvalue weighted by Crippen LogP contribution is -2.63. The molecule has 20 heteroatoms. The van der Waals surface area contributed by atoms with E-state index in [2.05, 4.69) is 0 Å². The molecular formula is C10H2F16O4. The number of ether oxygens (including phenoxy) is 2. The van der Waals surface area contributed by atoms with Crippen molar-refractivity contribution >= 4 is 11.6 Å². The van der Waals surface area contributed by atoms with E-state index in [0.717, 1.165) is 0 Å². The van der Waals surface area contributed by atoms with Crippen LogP contribution >= 0.6 is 0 Å². The van der Waals surface area contributed by atoms with Gasteiger partial charge in [-0.05, 0) is 0 Å². The van der Waals surface area contributed by atoms with E-state index in [0.29, 0.717) is 0 Å². The van der Waals surface area contributed by atoms with Gasteiger partial charge in [0.2, 0.25) is 11.6 Å². The van der Waals surface area contributed by atoms with Crippen LogP contribution in [0.1, 0.15) is 6.42 Å². The zero-order chi connectivity index (χ0) is 24.8. The number of rotatable bonds is 8. The van der Waals surface area contributed by atoms with E-state index in [9.17, 15) is 79.8 Å². The smallest absolute Gasteiger partial charge is 0.292 e. The monoisotopic (exact) mass is 490 g/mol. The molecule has 30 heavy (non-hydrogen) atoms. The Morgan fingerprint density at radius 1 is 0.567 bits per heavy atom. The zero-order valence-corrected chi connectivity index (χ0v) is 12.9. The van der Waals surface area contributed by atoms with Crippen molar-refractivity contribution in [3.05, 3.63) is 0 Å². The van der Waals surface area contributed by atoms with E-state index in [-0.39, 0.29) is 0 Å². The van der Waals surface area contributed by atoms with Crippen LogP contribution in [0.5, 0.6) is 0 Å². The van der Waals surface area contributed by atoms with Crippen LogP contribution in [0, 0.1) is 0 Å². The van der Waals surface area contributed by atoms with Gasteiger partial charge in [0.15, 0.2) is 0 Å². The lowest BCUT2D eigenvalue weighted by molar-refractivity contribution is -0.523. The topological polar surface area (TPSA) is 52.6 Å². The van der Waals surface area contributed by atoms with Gasteiger partial charge in [-0.1, -0.05) is 0 Å². The van der Waals surface area contributed by atoms with E-state index < -0.39 is 60.7 Å². The van der Waals surface area contributed by atoms with Gasteiger partial charge in [0, 0.05) is 0 Å². The van der Waals surface area contributed by atoms with E-state index in [1.807, 2.05) is 0 Å². The summed E-state index contributed by atoms with van der Waals surface area (Å²) in [4.78, 5) is 21.3. The summed E-state index contributed by atoms with van der Waals surface area (Å²) in [5, 5.41) is 0. The van der Waals surface area contributed by atoms with Crippen LogP contribution < -0.4 is 0 Å². The number of carbonyl (C=O) groups excluding carboxylic acids is 2. The number of halogens is 16. The molecule has 0 heterocycles. The van der Waals surface area contributed by atoms with E-state index in [4.69, 9.17) is 0 Å². The van der Waals surface area contributed by atoms with Gasteiger partial charge in [-0.15, -0.1) is 13.2 Å². The number of ketones is 2. The molecule has 0 rings (SSSR count). The van der Waals surface area contributed by atoms with Gasteiger partial charge in [0.25, 0.3) is 0 Å². The summed E-state index contributed by atoms with van der Waals surface area (Å²) < 4.78 is 202. The molecular weight excluding hydrogens is 488 g/mol. The Balaban J connectivity index is 6.18. The van der Waals surface area contributed by atoms with Crippen LogP contribution in [-0.4, -0.2) is 54.3 Å². The first-order chi connectivity index (χ1) is 12.7. The Labute approximate surface area is 151 Å². The minimum Gasteiger partial charge on any atom is -0.292 e. The second-order valence-corrected chi connectivity index (χ2v) is 4.87. The largest absolute Gasteiger partial charge is 0.527 e. The third kappa shape index (κ3) is 5.85. The van der Waals surface area contributed by atoms with Gasteiger partial charge >= 0.3 is 42.7 Å². The molecule has 0 N–H and O–H groups in total. The van der Waals surface area contributed by atoms with Crippen molar-refractivity contribution in [1.82, 2.24) is 0 Å². The normalized spacial score (nSPS) is 16.9. The van der Waals surface area contributed by atoms with Gasteiger partial charge in [0.05, 0.1) is 6.42 Å². The summed E-state index contributed by atoms with van der Waals surface area (Å²) in [5.74, 6) is -22.3. The Kier molecular flexibility index (Phi) is 7.20. The maximum atomic E-state index is 13.7. The Hall–Kier alpha value is -1.86. The highest BCUT2D eigenvalue weighted by Crippen LogP contribution is 2.52. The standard InChI is InChI=1S/C10H2F16O4/c11-4(7(17,18)19,2(27)1-3(28)5(12,13)14)29-8(20,21)6(15,16)9(22,23)30-10(24,25)26/h1H2. The lowest BCUT2D eigenvalue weighted by Gasteiger charge is -2.36. The molecule has 0 radical (unpaired) electrons. The van der Waals surface area contributed by atoms with Crippen LogP contribution in [-0.2, 0) is 19.1 Å². The molecule has 4 nitrogen and oxygen atoms in total. The predicted octanol–water partition coefficient (Wildman–Crippen LogP) is 4.68. The molecule has 0 aromatic rings. The molecule has 178 valence electrons. The quantitative estimate of drug-likeness (QED) is 0.367. The SMILES string of the molecule is O=C(CC(=O)C(F)(OC(F)(F)C(F)(F)C(F)(F)OC(F)(F)F)C(F)(F)F)C(F)(F)F. The van der Waals surface area contributed by atoms with Gasteiger partial charge in [-0.25, -0.2) is 4.74 Å².